The Labute approximate surface area is 148 Å². The van der Waals surface area contributed by atoms with E-state index < -0.39 is 0 Å². The summed E-state index contributed by atoms with van der Waals surface area (Å²) in [5.41, 5.74) is 6.67. The molecule has 3 aromatic rings. The van der Waals surface area contributed by atoms with Gasteiger partial charge in [0, 0.05) is 61.8 Å². The largest absolute Gasteiger partial charge is 0.298 e. The fourth-order valence-corrected chi connectivity index (χ4v) is 4.64. The monoisotopic (exact) mass is 330 g/mol. The van der Waals surface area contributed by atoms with Crippen molar-refractivity contribution in [2.45, 2.75) is 18.9 Å². The van der Waals surface area contributed by atoms with Gasteiger partial charge in [-0.15, -0.1) is 0 Å². The van der Waals surface area contributed by atoms with Crippen LogP contribution in [0.2, 0.25) is 0 Å². The minimum atomic E-state index is 0.607. The van der Waals surface area contributed by atoms with Crippen LogP contribution >= 0.6 is 0 Å². The molecule has 1 saturated heterocycles. The van der Waals surface area contributed by atoms with Gasteiger partial charge in [0.2, 0.25) is 0 Å². The van der Waals surface area contributed by atoms with Gasteiger partial charge in [-0.25, -0.2) is 0 Å². The first-order chi connectivity index (χ1) is 12.3. The fourth-order valence-electron chi connectivity index (χ4n) is 4.64. The average molecular weight is 330 g/mol. The van der Waals surface area contributed by atoms with Gasteiger partial charge in [-0.05, 0) is 24.0 Å². The van der Waals surface area contributed by atoms with Gasteiger partial charge in [0.05, 0.1) is 5.69 Å². The topological polar surface area (TPSA) is 34.0 Å². The van der Waals surface area contributed by atoms with E-state index in [2.05, 4.69) is 58.0 Å². The zero-order valence-corrected chi connectivity index (χ0v) is 14.5. The van der Waals surface area contributed by atoms with Crippen molar-refractivity contribution in [1.82, 2.24) is 19.7 Å². The van der Waals surface area contributed by atoms with E-state index >= 15 is 0 Å². The molecule has 2 aromatic heterocycles. The van der Waals surface area contributed by atoms with E-state index in [0.717, 1.165) is 25.4 Å². The lowest BCUT2D eigenvalue weighted by atomic mass is 9.94. The summed E-state index contributed by atoms with van der Waals surface area (Å²) in [6.45, 7) is 3.29. The van der Waals surface area contributed by atoms with Crippen LogP contribution in [0.25, 0.3) is 11.3 Å². The van der Waals surface area contributed by atoms with E-state index in [1.807, 2.05) is 18.5 Å². The smallest absolute Gasteiger partial charge is 0.0961 e. The van der Waals surface area contributed by atoms with Crippen LogP contribution in [0.4, 0.5) is 0 Å². The molecule has 0 saturated carbocycles. The van der Waals surface area contributed by atoms with E-state index in [9.17, 15) is 0 Å². The van der Waals surface area contributed by atoms with Crippen LogP contribution in [0.5, 0.6) is 0 Å². The second kappa shape index (κ2) is 5.81. The molecular formula is C21H22N4. The molecule has 1 aromatic carbocycles. The molecule has 0 unspecified atom stereocenters. The minimum Gasteiger partial charge on any atom is -0.298 e. The molecule has 0 spiro atoms. The second-order valence-electron chi connectivity index (χ2n) is 7.32. The Morgan fingerprint density at radius 3 is 2.76 bits per heavy atom. The SMILES string of the molecule is Cn1nc(-c2ccccc2)c2c1C[C@H]1CN(Cc3cccnc3)C[C@@H]21. The van der Waals surface area contributed by atoms with Gasteiger partial charge < -0.3 is 0 Å². The third-order valence-corrected chi connectivity index (χ3v) is 5.73. The quantitative estimate of drug-likeness (QED) is 0.739. The van der Waals surface area contributed by atoms with Crippen LogP contribution in [0, 0.1) is 5.92 Å². The molecule has 1 fully saturated rings. The van der Waals surface area contributed by atoms with E-state index in [-0.39, 0.29) is 0 Å². The van der Waals surface area contributed by atoms with Gasteiger partial charge in [0.15, 0.2) is 0 Å². The molecule has 25 heavy (non-hydrogen) atoms. The molecule has 0 N–H and O–H groups in total. The molecule has 1 aliphatic carbocycles. The Morgan fingerprint density at radius 2 is 1.96 bits per heavy atom. The second-order valence-corrected chi connectivity index (χ2v) is 7.32. The maximum Gasteiger partial charge on any atom is 0.0961 e. The van der Waals surface area contributed by atoms with E-state index in [4.69, 9.17) is 5.10 Å². The maximum absolute atomic E-state index is 4.86. The third kappa shape index (κ3) is 2.48. The first kappa shape index (κ1) is 14.8. The third-order valence-electron chi connectivity index (χ3n) is 5.73. The summed E-state index contributed by atoms with van der Waals surface area (Å²) in [5.74, 6) is 1.33. The summed E-state index contributed by atoms with van der Waals surface area (Å²) in [6.07, 6.45) is 4.98. The highest BCUT2D eigenvalue weighted by Gasteiger charge is 2.43. The number of fused-ring (bicyclic) bond motifs is 3. The molecule has 126 valence electrons. The van der Waals surface area contributed by atoms with Gasteiger partial charge in [0.1, 0.15) is 0 Å². The first-order valence-electron chi connectivity index (χ1n) is 9.02. The van der Waals surface area contributed by atoms with E-state index in [1.165, 1.54) is 34.6 Å². The summed E-state index contributed by atoms with van der Waals surface area (Å²) in [6, 6.07) is 14.8. The van der Waals surface area contributed by atoms with Crippen LogP contribution in [0.3, 0.4) is 0 Å². The van der Waals surface area contributed by atoms with Crippen molar-refractivity contribution in [3.8, 4) is 11.3 Å². The molecule has 0 bridgehead atoms. The zero-order chi connectivity index (χ0) is 16.8. The summed E-state index contributed by atoms with van der Waals surface area (Å²) in [4.78, 5) is 6.83. The van der Waals surface area contributed by atoms with E-state index in [0.29, 0.717) is 5.92 Å². The fraction of sp³-hybridized carbons (Fsp3) is 0.333. The number of likely N-dealkylation sites (tertiary alicyclic amines) is 1. The van der Waals surface area contributed by atoms with Crippen molar-refractivity contribution in [2.24, 2.45) is 13.0 Å². The molecular weight excluding hydrogens is 308 g/mol. The first-order valence-corrected chi connectivity index (χ1v) is 9.02. The van der Waals surface area contributed by atoms with Gasteiger partial charge in [-0.1, -0.05) is 36.4 Å². The van der Waals surface area contributed by atoms with Crippen molar-refractivity contribution in [3.05, 3.63) is 71.7 Å². The standard InChI is InChI=1S/C21H22N4/c1-24-19-10-17-13-25(12-15-6-5-9-22-11-15)14-18(17)20(19)21(23-24)16-7-3-2-4-8-16/h2-9,11,17-18H,10,12-14H2,1H3/t17-,18+/m0/s1. The lowest BCUT2D eigenvalue weighted by Gasteiger charge is -2.16. The number of nitrogens with zero attached hydrogens (tertiary/aromatic N) is 4. The van der Waals surface area contributed by atoms with Gasteiger partial charge in [0.25, 0.3) is 0 Å². The highest BCUT2D eigenvalue weighted by Crippen LogP contribution is 2.47. The van der Waals surface area contributed by atoms with Crippen LogP contribution in [-0.2, 0) is 20.0 Å². The molecule has 2 aliphatic rings. The van der Waals surface area contributed by atoms with Crippen molar-refractivity contribution < 1.29 is 0 Å². The Bertz CT molecular complexity index is 885. The Kier molecular flexibility index (Phi) is 3.45. The molecule has 4 heteroatoms. The lowest BCUT2D eigenvalue weighted by molar-refractivity contribution is 0.313. The van der Waals surface area contributed by atoms with Crippen LogP contribution in [0.1, 0.15) is 22.7 Å². The predicted molar refractivity (Wildman–Crippen MR) is 98.1 cm³/mol. The summed E-state index contributed by atoms with van der Waals surface area (Å²) in [7, 11) is 2.10. The molecule has 2 atom stereocenters. The zero-order valence-electron chi connectivity index (χ0n) is 14.5. The summed E-state index contributed by atoms with van der Waals surface area (Å²) in [5, 5.41) is 4.86. The lowest BCUT2D eigenvalue weighted by Crippen LogP contribution is -2.21. The molecule has 5 rings (SSSR count). The average Bonchev–Trinajstić information content (AvgIpc) is 3.27. The van der Waals surface area contributed by atoms with Crippen molar-refractivity contribution in [3.63, 3.8) is 0 Å². The van der Waals surface area contributed by atoms with Gasteiger partial charge in [-0.3, -0.25) is 14.6 Å². The number of hydrogen-bond acceptors (Lipinski definition) is 3. The molecule has 0 amide bonds. The number of aryl methyl sites for hydroxylation is 1. The number of rotatable bonds is 3. The van der Waals surface area contributed by atoms with Crippen molar-refractivity contribution in [2.75, 3.05) is 13.1 Å². The Balaban J connectivity index is 1.44. The minimum absolute atomic E-state index is 0.607. The highest BCUT2D eigenvalue weighted by atomic mass is 15.3. The number of aromatic nitrogens is 3. The summed E-state index contributed by atoms with van der Waals surface area (Å²) >= 11 is 0. The van der Waals surface area contributed by atoms with Crippen LogP contribution < -0.4 is 0 Å². The summed E-state index contributed by atoms with van der Waals surface area (Å²) < 4.78 is 2.11. The molecule has 1 aliphatic heterocycles. The highest BCUT2D eigenvalue weighted by molar-refractivity contribution is 5.66. The Morgan fingerprint density at radius 1 is 1.08 bits per heavy atom. The van der Waals surface area contributed by atoms with Crippen LogP contribution in [0.15, 0.2) is 54.9 Å². The molecule has 0 radical (unpaired) electrons. The van der Waals surface area contributed by atoms with Gasteiger partial charge in [-0.2, -0.15) is 5.10 Å². The van der Waals surface area contributed by atoms with Crippen molar-refractivity contribution in [1.29, 1.82) is 0 Å². The number of hydrogen-bond donors (Lipinski definition) is 0. The maximum atomic E-state index is 4.86. The molecule has 3 heterocycles. The predicted octanol–water partition coefficient (Wildman–Crippen LogP) is 3.25. The molecule has 4 nitrogen and oxygen atoms in total. The van der Waals surface area contributed by atoms with Crippen LogP contribution in [-0.4, -0.2) is 32.8 Å². The van der Waals surface area contributed by atoms with E-state index in [1.54, 1.807) is 0 Å². The van der Waals surface area contributed by atoms with Gasteiger partial charge >= 0.3 is 0 Å². The normalized spacial score (nSPS) is 22.1. The van der Waals surface area contributed by atoms with Crippen molar-refractivity contribution >= 4 is 0 Å². The number of benzene rings is 1. The number of pyridine rings is 1. The Hall–Kier alpha value is -2.46.